The summed E-state index contributed by atoms with van der Waals surface area (Å²) in [6.45, 7) is 4.53. The minimum Gasteiger partial charge on any atom is -0.359 e. The first kappa shape index (κ1) is 17.9. The molecule has 0 unspecified atom stereocenters. The van der Waals surface area contributed by atoms with Crippen LogP contribution in [0.2, 0.25) is 0 Å². The molecular weight excluding hydrogens is 330 g/mol. The summed E-state index contributed by atoms with van der Waals surface area (Å²) in [4.78, 5) is 26.8. The molecule has 1 aliphatic rings. The molecule has 26 heavy (non-hydrogen) atoms. The second-order valence-corrected chi connectivity index (χ2v) is 6.76. The first-order chi connectivity index (χ1) is 12.4. The summed E-state index contributed by atoms with van der Waals surface area (Å²) in [5.74, 6) is -0.207. The first-order valence-electron chi connectivity index (χ1n) is 8.71. The maximum Gasteiger partial charge on any atom is 0.329 e. The Bertz CT molecular complexity index is 807. The number of urea groups is 1. The van der Waals surface area contributed by atoms with Crippen molar-refractivity contribution in [2.75, 3.05) is 16.8 Å². The zero-order chi connectivity index (χ0) is 18.7. The van der Waals surface area contributed by atoms with Gasteiger partial charge in [-0.05, 0) is 30.5 Å². The van der Waals surface area contributed by atoms with Gasteiger partial charge in [0.15, 0.2) is 0 Å². The lowest BCUT2D eigenvalue weighted by atomic mass is 9.94. The lowest BCUT2D eigenvalue weighted by molar-refractivity contribution is -0.140. The third-order valence-electron chi connectivity index (χ3n) is 4.41. The molecule has 0 spiro atoms. The average Bonchev–Trinajstić information content (AvgIpc) is 2.62. The number of carbonyl (C=O) groups is 2. The van der Waals surface area contributed by atoms with Crippen molar-refractivity contribution in [1.29, 1.82) is 0 Å². The quantitative estimate of drug-likeness (QED) is 0.773. The molecular formula is C20H23N3O3. The van der Waals surface area contributed by atoms with Gasteiger partial charge in [-0.2, -0.15) is 0 Å². The van der Waals surface area contributed by atoms with E-state index in [1.165, 1.54) is 0 Å². The molecule has 0 radical (unpaired) electrons. The number of para-hydroxylation sites is 2. The number of hydrogen-bond donors (Lipinski definition) is 3. The number of carbonyl (C=O) groups excluding carboxylic acids is 2. The average molecular weight is 353 g/mol. The third kappa shape index (κ3) is 3.15. The lowest BCUT2D eigenvalue weighted by Crippen LogP contribution is -2.62. The van der Waals surface area contributed by atoms with Crippen molar-refractivity contribution in [3.8, 4) is 0 Å². The Morgan fingerprint density at radius 2 is 1.81 bits per heavy atom. The third-order valence-corrected chi connectivity index (χ3v) is 4.41. The molecule has 6 heteroatoms. The largest absolute Gasteiger partial charge is 0.359 e. The van der Waals surface area contributed by atoms with Crippen molar-refractivity contribution in [3.05, 3.63) is 60.2 Å². The van der Waals surface area contributed by atoms with Crippen LogP contribution in [-0.2, 0) is 10.5 Å². The van der Waals surface area contributed by atoms with Crippen LogP contribution in [0.4, 0.5) is 16.2 Å². The number of aliphatic hydroxyl groups is 1. The summed E-state index contributed by atoms with van der Waals surface area (Å²) in [6, 6.07) is 14.9. The van der Waals surface area contributed by atoms with Crippen LogP contribution in [0.15, 0.2) is 54.6 Å². The molecule has 0 aliphatic carbocycles. The Morgan fingerprint density at radius 1 is 1.15 bits per heavy atom. The van der Waals surface area contributed by atoms with E-state index in [0.29, 0.717) is 29.4 Å². The van der Waals surface area contributed by atoms with Crippen molar-refractivity contribution in [3.63, 3.8) is 0 Å². The van der Waals surface area contributed by atoms with Gasteiger partial charge >= 0.3 is 6.03 Å². The highest BCUT2D eigenvalue weighted by atomic mass is 16.3. The van der Waals surface area contributed by atoms with Gasteiger partial charge in [0.2, 0.25) is 0 Å². The van der Waals surface area contributed by atoms with E-state index in [1.54, 1.807) is 54.6 Å². The van der Waals surface area contributed by atoms with Gasteiger partial charge < -0.3 is 15.7 Å². The highest BCUT2D eigenvalue weighted by molar-refractivity contribution is 6.11. The van der Waals surface area contributed by atoms with Crippen molar-refractivity contribution in [2.45, 2.75) is 26.0 Å². The van der Waals surface area contributed by atoms with Crippen LogP contribution in [0.1, 0.15) is 25.8 Å². The molecule has 3 amide bonds. The second kappa shape index (κ2) is 7.17. The van der Waals surface area contributed by atoms with E-state index < -0.39 is 17.7 Å². The van der Waals surface area contributed by atoms with Crippen LogP contribution in [0.25, 0.3) is 0 Å². The Morgan fingerprint density at radius 3 is 2.50 bits per heavy atom. The highest BCUT2D eigenvalue weighted by Crippen LogP contribution is 2.39. The highest BCUT2D eigenvalue weighted by Gasteiger charge is 2.51. The number of hydrogen-bond acceptors (Lipinski definition) is 3. The molecule has 0 fully saturated rings. The Labute approximate surface area is 152 Å². The number of rotatable bonds is 5. The minimum atomic E-state index is -2.13. The number of nitrogens with one attached hydrogen (secondary N) is 2. The predicted octanol–water partition coefficient (Wildman–Crippen LogP) is 3.05. The molecule has 2 aromatic carbocycles. The van der Waals surface area contributed by atoms with Gasteiger partial charge in [-0.25, -0.2) is 4.79 Å². The van der Waals surface area contributed by atoms with E-state index in [1.807, 2.05) is 0 Å². The molecule has 0 bridgehead atoms. The fourth-order valence-electron chi connectivity index (χ4n) is 3.04. The van der Waals surface area contributed by atoms with E-state index in [2.05, 4.69) is 24.5 Å². The fraction of sp³-hybridized carbons (Fsp3) is 0.300. The molecule has 0 saturated heterocycles. The van der Waals surface area contributed by atoms with Crippen molar-refractivity contribution >= 4 is 23.3 Å². The van der Waals surface area contributed by atoms with E-state index >= 15 is 0 Å². The topological polar surface area (TPSA) is 81.7 Å². The number of fused-ring (bicyclic) bond motifs is 1. The Hall–Kier alpha value is -2.86. The van der Waals surface area contributed by atoms with Gasteiger partial charge in [-0.3, -0.25) is 9.69 Å². The van der Waals surface area contributed by atoms with Crippen LogP contribution in [0, 0.1) is 5.92 Å². The number of anilines is 2. The van der Waals surface area contributed by atoms with Crippen LogP contribution in [0.3, 0.4) is 0 Å². The second-order valence-electron chi connectivity index (χ2n) is 6.76. The summed E-state index contributed by atoms with van der Waals surface area (Å²) in [5.41, 5.74) is -0.935. The smallest absolute Gasteiger partial charge is 0.329 e. The van der Waals surface area contributed by atoms with Gasteiger partial charge in [0.25, 0.3) is 11.6 Å². The van der Waals surface area contributed by atoms with E-state index in [4.69, 9.17) is 0 Å². The van der Waals surface area contributed by atoms with Crippen molar-refractivity contribution < 1.29 is 14.7 Å². The summed E-state index contributed by atoms with van der Waals surface area (Å²) < 4.78 is 0. The summed E-state index contributed by atoms with van der Waals surface area (Å²) in [7, 11) is 0. The molecule has 3 N–H and O–H groups in total. The lowest BCUT2D eigenvalue weighted by Gasteiger charge is -2.42. The molecule has 2 aromatic rings. The maximum absolute atomic E-state index is 13.0. The minimum absolute atomic E-state index is 0.338. The summed E-state index contributed by atoms with van der Waals surface area (Å²) in [5, 5.41) is 17.0. The van der Waals surface area contributed by atoms with Crippen molar-refractivity contribution in [1.82, 2.24) is 5.32 Å². The van der Waals surface area contributed by atoms with Crippen LogP contribution in [-0.4, -0.2) is 23.6 Å². The zero-order valence-electron chi connectivity index (χ0n) is 14.9. The van der Waals surface area contributed by atoms with E-state index in [9.17, 15) is 14.7 Å². The Kier molecular flexibility index (Phi) is 4.95. The molecule has 0 saturated carbocycles. The van der Waals surface area contributed by atoms with Gasteiger partial charge in [-0.1, -0.05) is 50.2 Å². The maximum atomic E-state index is 13.0. The molecule has 3 rings (SSSR count). The molecule has 136 valence electrons. The van der Waals surface area contributed by atoms with E-state index in [0.717, 1.165) is 11.3 Å². The molecule has 1 atom stereocenters. The van der Waals surface area contributed by atoms with Gasteiger partial charge in [-0.15, -0.1) is 0 Å². The van der Waals surface area contributed by atoms with Crippen LogP contribution in [0.5, 0.6) is 0 Å². The van der Waals surface area contributed by atoms with E-state index in [-0.39, 0.29) is 0 Å². The number of benzene rings is 2. The van der Waals surface area contributed by atoms with Crippen LogP contribution >= 0.6 is 0 Å². The Balaban J connectivity index is 2.05. The fourth-order valence-corrected chi connectivity index (χ4v) is 3.04. The predicted molar refractivity (Wildman–Crippen MR) is 101 cm³/mol. The molecule has 0 aromatic heterocycles. The number of amides is 3. The standard InChI is InChI=1S/C20H23N3O3/c1-14(2)12-13-21-18(24)20(26)16-10-6-7-11-17(16)22-19(25)23(20)15-8-4-3-5-9-15/h3-11,14,26H,12-13H2,1-2H3,(H,21,24)(H,22,25)/t20-/m0/s1. The van der Waals surface area contributed by atoms with Crippen molar-refractivity contribution in [2.24, 2.45) is 5.92 Å². The van der Waals surface area contributed by atoms with Crippen LogP contribution < -0.4 is 15.5 Å². The van der Waals surface area contributed by atoms with Gasteiger partial charge in [0.1, 0.15) is 0 Å². The molecule has 6 nitrogen and oxygen atoms in total. The molecule has 1 aliphatic heterocycles. The summed E-state index contributed by atoms with van der Waals surface area (Å²) >= 11 is 0. The molecule has 1 heterocycles. The zero-order valence-corrected chi connectivity index (χ0v) is 14.9. The van der Waals surface area contributed by atoms with Gasteiger partial charge in [0, 0.05) is 17.8 Å². The normalized spacial score (nSPS) is 19.1. The summed E-state index contributed by atoms with van der Waals surface area (Å²) in [6.07, 6.45) is 0.779. The first-order valence-corrected chi connectivity index (χ1v) is 8.71. The monoisotopic (exact) mass is 353 g/mol. The SMILES string of the molecule is CC(C)CCNC(=O)[C@@]1(O)c2ccccc2NC(=O)N1c1ccccc1. The van der Waals surface area contributed by atoms with Gasteiger partial charge in [0.05, 0.1) is 5.69 Å². The number of nitrogens with zero attached hydrogens (tertiary/aromatic N) is 1.